The van der Waals surface area contributed by atoms with Gasteiger partial charge in [-0.05, 0) is 23.3 Å². The van der Waals surface area contributed by atoms with Crippen molar-refractivity contribution in [3.05, 3.63) is 91.0 Å². The van der Waals surface area contributed by atoms with Crippen LogP contribution in [0.1, 0.15) is 18.4 Å². The number of methoxy groups -OCH3 is 2. The molecular formula is C31H29N7O2. The minimum atomic E-state index is -0.614. The number of aryl methyl sites for hydroxylation is 1. The molecule has 4 heterocycles. The van der Waals surface area contributed by atoms with Gasteiger partial charge in [-0.2, -0.15) is 0 Å². The van der Waals surface area contributed by atoms with Crippen LogP contribution >= 0.6 is 0 Å². The van der Waals surface area contributed by atoms with Crippen molar-refractivity contribution in [1.82, 2.24) is 29.1 Å². The molecule has 1 saturated carbocycles. The van der Waals surface area contributed by atoms with E-state index in [9.17, 15) is 0 Å². The van der Waals surface area contributed by atoms with Gasteiger partial charge in [0.15, 0.2) is 17.3 Å². The maximum Gasteiger partial charge on any atom is 0.188 e. The zero-order chi connectivity index (χ0) is 27.5. The Labute approximate surface area is 231 Å². The highest BCUT2D eigenvalue weighted by Crippen LogP contribution is 2.49. The molecule has 0 bridgehead atoms. The second kappa shape index (κ2) is 9.06. The lowest BCUT2D eigenvalue weighted by atomic mass is 9.68. The Bertz CT molecular complexity index is 1850. The van der Waals surface area contributed by atoms with Gasteiger partial charge < -0.3 is 19.8 Å². The Morgan fingerprint density at radius 2 is 1.65 bits per heavy atom. The molecule has 0 amide bonds. The minimum Gasteiger partial charge on any atom is -0.353 e. The number of nitrogens with two attached hydrogens (primary N) is 1. The van der Waals surface area contributed by atoms with Gasteiger partial charge in [0.1, 0.15) is 5.69 Å². The van der Waals surface area contributed by atoms with Gasteiger partial charge in [-0.15, -0.1) is 10.2 Å². The Kier molecular flexibility index (Phi) is 5.57. The highest BCUT2D eigenvalue weighted by Gasteiger charge is 2.54. The van der Waals surface area contributed by atoms with E-state index in [1.165, 1.54) is 0 Å². The van der Waals surface area contributed by atoms with E-state index in [1.54, 1.807) is 20.5 Å². The second-order valence-corrected chi connectivity index (χ2v) is 10.5. The predicted molar refractivity (Wildman–Crippen MR) is 153 cm³/mol. The van der Waals surface area contributed by atoms with E-state index in [4.69, 9.17) is 20.2 Å². The number of ether oxygens (including phenoxy) is 2. The molecular weight excluding hydrogens is 502 g/mol. The third-order valence-electron chi connectivity index (χ3n) is 8.04. The number of benzene rings is 2. The van der Waals surface area contributed by atoms with Crippen molar-refractivity contribution < 1.29 is 9.47 Å². The number of hydrogen-bond acceptors (Lipinski definition) is 7. The molecule has 1 fully saturated rings. The van der Waals surface area contributed by atoms with Crippen molar-refractivity contribution in [2.45, 2.75) is 24.2 Å². The van der Waals surface area contributed by atoms with Crippen LogP contribution in [0.2, 0.25) is 0 Å². The van der Waals surface area contributed by atoms with Crippen LogP contribution < -0.4 is 5.73 Å². The molecule has 0 aliphatic heterocycles. The summed E-state index contributed by atoms with van der Waals surface area (Å²) >= 11 is 0. The van der Waals surface area contributed by atoms with Crippen molar-refractivity contribution in [3.63, 3.8) is 0 Å². The average molecular weight is 532 g/mol. The van der Waals surface area contributed by atoms with E-state index >= 15 is 0 Å². The number of imidazole rings is 1. The Morgan fingerprint density at radius 1 is 0.900 bits per heavy atom. The van der Waals surface area contributed by atoms with Crippen molar-refractivity contribution in [2.75, 3.05) is 14.2 Å². The molecule has 2 N–H and O–H groups in total. The molecule has 1 aliphatic carbocycles. The van der Waals surface area contributed by atoms with Crippen LogP contribution in [0.25, 0.3) is 50.5 Å². The summed E-state index contributed by atoms with van der Waals surface area (Å²) in [7, 11) is 5.26. The van der Waals surface area contributed by atoms with E-state index in [1.807, 2.05) is 52.7 Å². The highest BCUT2D eigenvalue weighted by atomic mass is 16.7. The van der Waals surface area contributed by atoms with Gasteiger partial charge in [-0.25, -0.2) is 9.97 Å². The van der Waals surface area contributed by atoms with Crippen molar-refractivity contribution >= 4 is 16.6 Å². The Balaban J connectivity index is 1.34. The average Bonchev–Trinajstić information content (AvgIpc) is 3.61. The van der Waals surface area contributed by atoms with Crippen LogP contribution in [0.15, 0.2) is 85.5 Å². The van der Waals surface area contributed by atoms with Crippen LogP contribution in [0.4, 0.5) is 0 Å². The van der Waals surface area contributed by atoms with E-state index in [0.29, 0.717) is 18.7 Å². The monoisotopic (exact) mass is 531 g/mol. The fraction of sp³-hybridized carbons (Fsp3) is 0.226. The molecule has 6 aromatic rings. The van der Waals surface area contributed by atoms with Crippen molar-refractivity contribution in [3.8, 4) is 33.9 Å². The second-order valence-electron chi connectivity index (χ2n) is 10.5. The first-order valence-electron chi connectivity index (χ1n) is 13.1. The van der Waals surface area contributed by atoms with Gasteiger partial charge in [0.25, 0.3) is 0 Å². The molecule has 4 aromatic heterocycles. The first-order valence-corrected chi connectivity index (χ1v) is 13.1. The molecule has 9 nitrogen and oxygen atoms in total. The summed E-state index contributed by atoms with van der Waals surface area (Å²) in [5.74, 6) is 0.0770. The van der Waals surface area contributed by atoms with E-state index in [-0.39, 0.29) is 0 Å². The van der Waals surface area contributed by atoms with Crippen LogP contribution in [0.3, 0.4) is 0 Å². The molecule has 9 heteroatoms. The van der Waals surface area contributed by atoms with Crippen LogP contribution in [-0.2, 0) is 22.1 Å². The largest absolute Gasteiger partial charge is 0.353 e. The molecule has 7 rings (SSSR count). The van der Waals surface area contributed by atoms with E-state index < -0.39 is 11.3 Å². The fourth-order valence-electron chi connectivity index (χ4n) is 5.80. The van der Waals surface area contributed by atoms with E-state index in [0.717, 1.165) is 50.2 Å². The Morgan fingerprint density at radius 3 is 2.33 bits per heavy atom. The number of nitrogens with zero attached hydrogens (tertiary/aromatic N) is 6. The van der Waals surface area contributed by atoms with Crippen molar-refractivity contribution in [1.29, 1.82) is 0 Å². The quantitative estimate of drug-likeness (QED) is 0.303. The van der Waals surface area contributed by atoms with E-state index in [2.05, 4.69) is 57.6 Å². The van der Waals surface area contributed by atoms with Crippen LogP contribution in [-0.4, -0.2) is 49.1 Å². The first kappa shape index (κ1) is 24.6. The van der Waals surface area contributed by atoms with Crippen LogP contribution in [0, 0.1) is 0 Å². The third kappa shape index (κ3) is 3.82. The van der Waals surface area contributed by atoms with Gasteiger partial charge in [0, 0.05) is 63.0 Å². The molecule has 0 saturated heterocycles. The maximum absolute atomic E-state index is 6.74. The normalized spacial score (nSPS) is 15.9. The molecule has 1 aliphatic rings. The van der Waals surface area contributed by atoms with Gasteiger partial charge in [-0.1, -0.05) is 54.6 Å². The molecule has 0 unspecified atom stereocenters. The first-order chi connectivity index (χ1) is 19.4. The molecule has 0 radical (unpaired) electrons. The summed E-state index contributed by atoms with van der Waals surface area (Å²) in [6.07, 6.45) is 6.85. The highest BCUT2D eigenvalue weighted by molar-refractivity contribution is 5.98. The fourth-order valence-corrected chi connectivity index (χ4v) is 5.80. The summed E-state index contributed by atoms with van der Waals surface area (Å²) < 4.78 is 15.0. The summed E-state index contributed by atoms with van der Waals surface area (Å²) in [4.78, 5) is 9.62. The number of rotatable bonds is 6. The molecule has 2 aromatic carbocycles. The minimum absolute atomic E-state index is 0.492. The number of aromatic nitrogens is 6. The number of hydrogen-bond donors (Lipinski definition) is 1. The summed E-state index contributed by atoms with van der Waals surface area (Å²) in [6.45, 7) is 0. The molecule has 0 atom stereocenters. The lowest BCUT2D eigenvalue weighted by Crippen LogP contribution is -2.61. The summed E-state index contributed by atoms with van der Waals surface area (Å²) in [6, 6.07) is 22.8. The standard InChI is InChI=1S/C31H29N7O2/c1-37-16-26(33-19-37)29-36-35-28-24-15-23(20-7-5-4-6-8-20)27(34-25(24)13-14-38(28)29)21-9-11-22(12-10-21)30(32)17-31(18-30,39-2)40-3/h4-16,19H,17-18,32H2,1-3H3. The SMILES string of the molecule is COC1(OC)CC(N)(c2ccc(-c3nc4ccn5c(-c6cn(C)cn6)nnc5c4cc3-c3ccccc3)cc2)C1. The summed E-state index contributed by atoms with van der Waals surface area (Å²) in [5.41, 5.74) is 13.6. The molecule has 40 heavy (non-hydrogen) atoms. The van der Waals surface area contributed by atoms with Gasteiger partial charge >= 0.3 is 0 Å². The predicted octanol–water partition coefficient (Wildman–Crippen LogP) is 4.95. The third-order valence-corrected chi connectivity index (χ3v) is 8.04. The zero-order valence-corrected chi connectivity index (χ0v) is 22.6. The number of pyridine rings is 2. The Hall–Kier alpha value is -4.44. The summed E-state index contributed by atoms with van der Waals surface area (Å²) in [5, 5.41) is 9.92. The topological polar surface area (TPSA) is 105 Å². The van der Waals surface area contributed by atoms with Crippen LogP contribution in [0.5, 0.6) is 0 Å². The van der Waals surface area contributed by atoms with Gasteiger partial charge in [0.2, 0.25) is 0 Å². The maximum atomic E-state index is 6.74. The zero-order valence-electron chi connectivity index (χ0n) is 22.6. The van der Waals surface area contributed by atoms with Gasteiger partial charge in [-0.3, -0.25) is 4.40 Å². The van der Waals surface area contributed by atoms with Gasteiger partial charge in [0.05, 0.1) is 23.1 Å². The molecule has 0 spiro atoms. The lowest BCUT2D eigenvalue weighted by Gasteiger charge is -2.52. The lowest BCUT2D eigenvalue weighted by molar-refractivity contribution is -0.277. The van der Waals surface area contributed by atoms with Crippen molar-refractivity contribution in [2.24, 2.45) is 12.8 Å². The smallest absolute Gasteiger partial charge is 0.188 e. The molecule has 200 valence electrons. The number of fused-ring (bicyclic) bond motifs is 3.